The van der Waals surface area contributed by atoms with Gasteiger partial charge in [0.15, 0.2) is 0 Å². The minimum absolute atomic E-state index is 0.0317. The molecular weight excluding hydrogens is 362 g/mol. The van der Waals surface area contributed by atoms with Crippen LogP contribution < -0.4 is 5.56 Å². The van der Waals surface area contributed by atoms with Gasteiger partial charge in [-0.1, -0.05) is 13.8 Å². The fraction of sp³-hybridized carbons (Fsp3) is 0.708. The maximum absolute atomic E-state index is 12.3. The van der Waals surface area contributed by atoms with Crippen LogP contribution in [0, 0.1) is 57.2 Å². The van der Waals surface area contributed by atoms with Gasteiger partial charge in [-0.15, -0.1) is 0 Å². The van der Waals surface area contributed by atoms with Crippen molar-refractivity contribution < 1.29 is 5.11 Å². The molecule has 5 nitrogen and oxygen atoms in total. The van der Waals surface area contributed by atoms with Crippen LogP contribution in [0.1, 0.15) is 74.8 Å². The third-order valence-corrected chi connectivity index (χ3v) is 9.65. The summed E-state index contributed by atoms with van der Waals surface area (Å²) in [4.78, 5) is 15.2. The summed E-state index contributed by atoms with van der Waals surface area (Å²) >= 11 is 0. The monoisotopic (exact) mass is 391 g/mol. The summed E-state index contributed by atoms with van der Waals surface area (Å²) in [7, 11) is 0. The van der Waals surface area contributed by atoms with Gasteiger partial charge in [-0.25, -0.2) is 0 Å². The van der Waals surface area contributed by atoms with Gasteiger partial charge < -0.3 is 10.1 Å². The molecule has 0 radical (unpaired) electrons. The third kappa shape index (κ3) is 2.37. The van der Waals surface area contributed by atoms with Crippen molar-refractivity contribution in [3.8, 4) is 12.1 Å². The van der Waals surface area contributed by atoms with E-state index < -0.39 is 5.56 Å². The van der Waals surface area contributed by atoms with Crippen LogP contribution in [0.4, 0.5) is 0 Å². The Morgan fingerprint density at radius 3 is 2.45 bits per heavy atom. The SMILES string of the molecule is CC12CCC3C(CCC4Cc5[nH]c(=O)c(C#N)c(C#N)c5CC43C)C1CCC2O. The second-order valence-electron chi connectivity index (χ2n) is 10.6. The average molecular weight is 392 g/mol. The topological polar surface area (TPSA) is 101 Å². The van der Waals surface area contributed by atoms with Crippen molar-refractivity contribution in [3.05, 3.63) is 32.7 Å². The van der Waals surface area contributed by atoms with Crippen LogP contribution in [0.25, 0.3) is 0 Å². The van der Waals surface area contributed by atoms with E-state index >= 15 is 0 Å². The van der Waals surface area contributed by atoms with E-state index in [4.69, 9.17) is 0 Å². The number of H-pyrrole nitrogens is 1. The van der Waals surface area contributed by atoms with E-state index in [-0.39, 0.29) is 22.5 Å². The van der Waals surface area contributed by atoms with Gasteiger partial charge in [0.25, 0.3) is 5.56 Å². The molecule has 0 saturated heterocycles. The maximum Gasteiger partial charge on any atom is 0.267 e. The molecule has 0 spiro atoms. The predicted molar refractivity (Wildman–Crippen MR) is 108 cm³/mol. The van der Waals surface area contributed by atoms with Crippen LogP contribution in [0.3, 0.4) is 0 Å². The third-order valence-electron chi connectivity index (χ3n) is 9.65. The minimum atomic E-state index is -0.423. The van der Waals surface area contributed by atoms with Gasteiger partial charge in [0.05, 0.1) is 11.7 Å². The molecule has 2 N–H and O–H groups in total. The average Bonchev–Trinajstić information content (AvgIpc) is 3.00. The number of fused-ring (bicyclic) bond motifs is 6. The lowest BCUT2D eigenvalue weighted by molar-refractivity contribution is -0.111. The number of aliphatic hydroxyl groups is 1. The molecule has 0 aromatic carbocycles. The highest BCUT2D eigenvalue weighted by Gasteiger charge is 2.60. The molecule has 3 fully saturated rings. The number of rotatable bonds is 0. The molecule has 7 atom stereocenters. The van der Waals surface area contributed by atoms with Crippen molar-refractivity contribution in [3.63, 3.8) is 0 Å². The summed E-state index contributed by atoms with van der Waals surface area (Å²) < 4.78 is 0. The Morgan fingerprint density at radius 1 is 1.00 bits per heavy atom. The lowest BCUT2D eigenvalue weighted by Gasteiger charge is -2.60. The number of nitriles is 2. The Balaban J connectivity index is 1.57. The normalized spacial score (nSPS) is 42.6. The molecule has 29 heavy (non-hydrogen) atoms. The van der Waals surface area contributed by atoms with Crippen LogP contribution in [0.5, 0.6) is 0 Å². The molecule has 1 heterocycles. The number of hydrogen-bond acceptors (Lipinski definition) is 4. The molecule has 5 rings (SSSR count). The first-order valence-corrected chi connectivity index (χ1v) is 11.1. The van der Waals surface area contributed by atoms with Crippen LogP contribution in [0.2, 0.25) is 0 Å². The zero-order chi connectivity index (χ0) is 20.6. The molecule has 4 aliphatic carbocycles. The van der Waals surface area contributed by atoms with Crippen molar-refractivity contribution in [2.45, 2.75) is 71.3 Å². The number of pyridine rings is 1. The zero-order valence-electron chi connectivity index (χ0n) is 17.3. The van der Waals surface area contributed by atoms with Crippen LogP contribution in [0.15, 0.2) is 4.79 Å². The van der Waals surface area contributed by atoms with Crippen LogP contribution in [-0.2, 0) is 12.8 Å². The van der Waals surface area contributed by atoms with Crippen molar-refractivity contribution in [2.75, 3.05) is 0 Å². The summed E-state index contributed by atoms with van der Waals surface area (Å²) in [5.74, 6) is 2.32. The lowest BCUT2D eigenvalue weighted by Crippen LogP contribution is -2.55. The fourth-order valence-electron chi connectivity index (χ4n) is 8.04. The first kappa shape index (κ1) is 18.9. The molecule has 0 amide bonds. The number of aromatic nitrogens is 1. The summed E-state index contributed by atoms with van der Waals surface area (Å²) in [6.07, 6.45) is 8.03. The van der Waals surface area contributed by atoms with Gasteiger partial charge >= 0.3 is 0 Å². The molecular formula is C24H29N3O2. The second kappa shape index (κ2) is 6.19. The second-order valence-corrected chi connectivity index (χ2v) is 10.6. The van der Waals surface area contributed by atoms with E-state index in [1.807, 2.05) is 6.07 Å². The largest absolute Gasteiger partial charge is 0.393 e. The highest BCUT2D eigenvalue weighted by Crippen LogP contribution is 2.65. The number of nitrogens with zero attached hydrogens (tertiary/aromatic N) is 2. The summed E-state index contributed by atoms with van der Waals surface area (Å²) in [6, 6.07) is 4.13. The van der Waals surface area contributed by atoms with E-state index in [9.17, 15) is 20.4 Å². The molecule has 0 bridgehead atoms. The molecule has 4 aliphatic rings. The van der Waals surface area contributed by atoms with E-state index in [1.54, 1.807) is 0 Å². The predicted octanol–water partition coefficient (Wildman–Crippen LogP) is 3.44. The fourth-order valence-corrected chi connectivity index (χ4v) is 8.04. The Labute approximate surface area is 171 Å². The minimum Gasteiger partial charge on any atom is -0.393 e. The summed E-state index contributed by atoms with van der Waals surface area (Å²) in [5.41, 5.74) is 1.77. The Morgan fingerprint density at radius 2 is 1.72 bits per heavy atom. The van der Waals surface area contributed by atoms with Gasteiger partial charge in [0, 0.05) is 5.69 Å². The number of hydrogen-bond donors (Lipinski definition) is 2. The van der Waals surface area contributed by atoms with E-state index in [0.29, 0.717) is 29.2 Å². The molecule has 1 aromatic rings. The van der Waals surface area contributed by atoms with Gasteiger partial charge in [0.1, 0.15) is 17.7 Å². The van der Waals surface area contributed by atoms with Gasteiger partial charge in [-0.2, -0.15) is 10.5 Å². The van der Waals surface area contributed by atoms with Crippen molar-refractivity contribution in [1.82, 2.24) is 4.98 Å². The smallest absolute Gasteiger partial charge is 0.267 e. The van der Waals surface area contributed by atoms with Crippen molar-refractivity contribution in [1.29, 1.82) is 10.5 Å². The molecule has 1 aromatic heterocycles. The Bertz CT molecular complexity index is 1010. The van der Waals surface area contributed by atoms with Gasteiger partial charge in [-0.05, 0) is 91.4 Å². The summed E-state index contributed by atoms with van der Waals surface area (Å²) in [6.45, 7) is 4.69. The van der Waals surface area contributed by atoms with E-state index in [2.05, 4.69) is 24.9 Å². The number of nitrogens with one attached hydrogen (secondary N) is 1. The molecule has 152 valence electrons. The first-order chi connectivity index (χ1) is 13.8. The van der Waals surface area contributed by atoms with Gasteiger partial charge in [-0.3, -0.25) is 4.79 Å². The first-order valence-electron chi connectivity index (χ1n) is 11.1. The van der Waals surface area contributed by atoms with E-state index in [1.165, 1.54) is 6.42 Å². The summed E-state index contributed by atoms with van der Waals surface area (Å²) in [5, 5.41) is 29.8. The Hall–Kier alpha value is -2.11. The molecule has 5 heteroatoms. The van der Waals surface area contributed by atoms with Crippen LogP contribution >= 0.6 is 0 Å². The lowest BCUT2D eigenvalue weighted by atomic mass is 9.45. The van der Waals surface area contributed by atoms with Crippen LogP contribution in [-0.4, -0.2) is 16.2 Å². The molecule has 7 unspecified atom stereocenters. The molecule has 3 saturated carbocycles. The highest BCUT2D eigenvalue weighted by atomic mass is 16.3. The Kier molecular flexibility index (Phi) is 4.03. The zero-order valence-corrected chi connectivity index (χ0v) is 17.3. The van der Waals surface area contributed by atoms with Gasteiger partial charge in [0.2, 0.25) is 0 Å². The highest BCUT2D eigenvalue weighted by molar-refractivity contribution is 5.52. The maximum atomic E-state index is 12.3. The quantitative estimate of drug-likeness (QED) is 0.707. The van der Waals surface area contributed by atoms with Crippen molar-refractivity contribution in [2.24, 2.45) is 34.5 Å². The number of aliphatic hydroxyl groups excluding tert-OH is 1. The van der Waals surface area contributed by atoms with Crippen molar-refractivity contribution >= 4 is 0 Å². The number of aromatic amines is 1. The molecule has 0 aliphatic heterocycles. The standard InChI is InChI=1S/C24H29N3O2/c1-23-8-7-19-14(18(23)5-6-21(23)28)4-3-13-9-20-15(10-24(13,19)2)16(11-25)17(12-26)22(29)27-20/h13-14,18-19,21,28H,3-10H2,1-2H3,(H,27,29). The van der Waals surface area contributed by atoms with E-state index in [0.717, 1.165) is 56.2 Å².